The summed E-state index contributed by atoms with van der Waals surface area (Å²) < 4.78 is 0. The van der Waals surface area contributed by atoms with Crippen molar-refractivity contribution in [2.45, 2.75) is 79.1 Å². The fourth-order valence-corrected chi connectivity index (χ4v) is 13.2. The molecule has 0 amide bonds. The zero-order valence-corrected chi connectivity index (χ0v) is 32.7. The minimum absolute atomic E-state index is 0.150. The van der Waals surface area contributed by atoms with E-state index in [9.17, 15) is 10.5 Å². The highest BCUT2D eigenvalue weighted by molar-refractivity contribution is 7.30. The second-order valence-electron chi connectivity index (χ2n) is 11.8. The molecule has 0 unspecified atom stereocenters. The Kier molecular flexibility index (Phi) is 11.7. The van der Waals surface area contributed by atoms with Crippen molar-refractivity contribution in [2.24, 2.45) is 0 Å². The second-order valence-corrected chi connectivity index (χ2v) is 18.1. The highest BCUT2D eigenvalue weighted by Gasteiger charge is 2.20. The number of allylic oxidation sites excluding steroid dienone is 1. The van der Waals surface area contributed by atoms with Crippen molar-refractivity contribution in [3.05, 3.63) is 86.6 Å². The molecule has 0 aliphatic heterocycles. The van der Waals surface area contributed by atoms with E-state index in [0.29, 0.717) is 0 Å². The van der Waals surface area contributed by atoms with Crippen LogP contribution < -0.4 is 0 Å². The van der Waals surface area contributed by atoms with Gasteiger partial charge in [-0.15, -0.1) is 68.0 Å². The largest absolute Gasteiger partial charge is 0.192 e. The van der Waals surface area contributed by atoms with Crippen LogP contribution in [0.2, 0.25) is 0 Å². The number of hydrogen-bond donors (Lipinski definition) is 0. The zero-order chi connectivity index (χ0) is 33.6. The van der Waals surface area contributed by atoms with Gasteiger partial charge in [0.25, 0.3) is 0 Å². The van der Waals surface area contributed by atoms with Gasteiger partial charge in [0.05, 0.1) is 0 Å². The standard InChI is InChI=1S/C40H38N2S6/c1-5-9-26-17-18-43-37(26)35-21-28(11-7-3)38(47-35)33-15-13-31(45-33)32-14-16-34(46-32)39-29(12-8-4)22-36(48-39)40-27(10-6-2)20-30(44-40)19-25(23-41)24-42/h13-22H,5-12H2,1-4H3. The molecule has 0 spiro atoms. The van der Waals surface area contributed by atoms with E-state index in [1.54, 1.807) is 17.4 Å². The molecule has 6 aromatic rings. The van der Waals surface area contributed by atoms with E-state index in [-0.39, 0.29) is 5.57 Å². The summed E-state index contributed by atoms with van der Waals surface area (Å²) in [6.45, 7) is 9.00. The summed E-state index contributed by atoms with van der Waals surface area (Å²) in [4.78, 5) is 14.6. The first-order valence-electron chi connectivity index (χ1n) is 16.7. The Balaban J connectivity index is 1.32. The van der Waals surface area contributed by atoms with E-state index in [4.69, 9.17) is 0 Å². The van der Waals surface area contributed by atoms with E-state index in [1.165, 1.54) is 77.4 Å². The summed E-state index contributed by atoms with van der Waals surface area (Å²) in [5, 5.41) is 20.9. The first kappa shape index (κ1) is 34.8. The van der Waals surface area contributed by atoms with Crippen LogP contribution in [0.25, 0.3) is 54.8 Å². The monoisotopic (exact) mass is 738 g/mol. The molecule has 6 aromatic heterocycles. The Morgan fingerprint density at radius 3 is 1.50 bits per heavy atom. The van der Waals surface area contributed by atoms with Crippen LogP contribution in [0.3, 0.4) is 0 Å². The fraction of sp³-hybridized carbons (Fsp3) is 0.300. The molecule has 6 heterocycles. The van der Waals surface area contributed by atoms with Crippen molar-refractivity contribution in [2.75, 3.05) is 0 Å². The minimum Gasteiger partial charge on any atom is -0.192 e. The van der Waals surface area contributed by atoms with Crippen molar-refractivity contribution >= 4 is 74.1 Å². The lowest BCUT2D eigenvalue weighted by Gasteiger charge is -1.99. The third-order valence-electron chi connectivity index (χ3n) is 8.15. The molecule has 0 aliphatic rings. The van der Waals surface area contributed by atoms with Gasteiger partial charge in [-0.05, 0) is 108 Å². The lowest BCUT2D eigenvalue weighted by molar-refractivity contribution is 0.926. The van der Waals surface area contributed by atoms with Crippen LogP contribution >= 0.6 is 68.0 Å². The van der Waals surface area contributed by atoms with Crippen LogP contribution in [0.15, 0.2) is 59.5 Å². The van der Waals surface area contributed by atoms with Crippen LogP contribution in [0.4, 0.5) is 0 Å². The zero-order valence-electron chi connectivity index (χ0n) is 27.8. The van der Waals surface area contributed by atoms with Crippen molar-refractivity contribution in [1.82, 2.24) is 0 Å². The van der Waals surface area contributed by atoms with Gasteiger partial charge in [-0.3, -0.25) is 0 Å². The normalized spacial score (nSPS) is 11.1. The van der Waals surface area contributed by atoms with E-state index in [2.05, 4.69) is 81.6 Å². The summed E-state index contributed by atoms with van der Waals surface area (Å²) in [5.74, 6) is 0. The maximum absolute atomic E-state index is 9.32. The van der Waals surface area contributed by atoms with Gasteiger partial charge < -0.3 is 0 Å². The van der Waals surface area contributed by atoms with Crippen LogP contribution in [-0.2, 0) is 25.7 Å². The second kappa shape index (κ2) is 16.1. The SMILES string of the molecule is CCCc1ccsc1-c1cc(CCC)c(-c2ccc(-c3ccc(-c4sc(-c5sc(C=C(C#N)C#N)cc5CCC)cc4CCC)s3)s2)s1. The van der Waals surface area contributed by atoms with Gasteiger partial charge in [-0.25, -0.2) is 0 Å². The Morgan fingerprint density at radius 1 is 0.521 bits per heavy atom. The van der Waals surface area contributed by atoms with E-state index >= 15 is 0 Å². The number of aryl methyl sites for hydroxylation is 4. The molecule has 0 bridgehead atoms. The molecule has 6 rings (SSSR count). The predicted octanol–water partition coefficient (Wildman–Crippen LogP) is 14.6. The minimum atomic E-state index is 0.150. The first-order valence-corrected chi connectivity index (χ1v) is 21.6. The average Bonchev–Trinajstić information content (AvgIpc) is 3.93. The molecule has 0 N–H and O–H groups in total. The number of hydrogen-bond acceptors (Lipinski definition) is 8. The molecule has 244 valence electrons. The third kappa shape index (κ3) is 7.41. The first-order chi connectivity index (χ1) is 23.5. The van der Waals surface area contributed by atoms with Gasteiger partial charge in [0.2, 0.25) is 0 Å². The predicted molar refractivity (Wildman–Crippen MR) is 216 cm³/mol. The Labute approximate surface area is 308 Å². The molecule has 0 atom stereocenters. The highest BCUT2D eigenvalue weighted by atomic mass is 32.1. The molecular weight excluding hydrogens is 701 g/mol. The summed E-state index contributed by atoms with van der Waals surface area (Å²) in [6.07, 6.45) is 10.5. The number of thiophene rings is 6. The van der Waals surface area contributed by atoms with E-state index in [1.807, 2.05) is 68.8 Å². The van der Waals surface area contributed by atoms with Gasteiger partial charge in [0, 0.05) is 53.6 Å². The Bertz CT molecular complexity index is 2110. The van der Waals surface area contributed by atoms with E-state index in [0.717, 1.165) is 49.8 Å². The third-order valence-corrected chi connectivity index (χ3v) is 15.7. The molecule has 48 heavy (non-hydrogen) atoms. The molecule has 0 fully saturated rings. The van der Waals surface area contributed by atoms with Crippen molar-refractivity contribution < 1.29 is 0 Å². The number of nitrogens with zero attached hydrogens (tertiary/aromatic N) is 2. The molecule has 0 saturated heterocycles. The Hall–Kier alpha value is -3.08. The van der Waals surface area contributed by atoms with Crippen LogP contribution in [0.1, 0.15) is 80.5 Å². The molecule has 0 saturated carbocycles. The van der Waals surface area contributed by atoms with Crippen molar-refractivity contribution in [3.63, 3.8) is 0 Å². The van der Waals surface area contributed by atoms with Crippen molar-refractivity contribution in [3.8, 4) is 60.9 Å². The average molecular weight is 739 g/mol. The molecule has 8 heteroatoms. The van der Waals surface area contributed by atoms with E-state index < -0.39 is 0 Å². The van der Waals surface area contributed by atoms with Crippen molar-refractivity contribution in [1.29, 1.82) is 10.5 Å². The molecule has 0 radical (unpaired) electrons. The smallest absolute Gasteiger partial charge is 0.131 e. The fourth-order valence-electron chi connectivity index (χ4n) is 6.03. The number of rotatable bonds is 14. The topological polar surface area (TPSA) is 47.6 Å². The van der Waals surface area contributed by atoms with Gasteiger partial charge >= 0.3 is 0 Å². The molecule has 0 aliphatic carbocycles. The van der Waals surface area contributed by atoms with Crippen LogP contribution in [0, 0.1) is 22.7 Å². The summed E-state index contributed by atoms with van der Waals surface area (Å²) in [7, 11) is 0. The summed E-state index contributed by atoms with van der Waals surface area (Å²) in [5.41, 5.74) is 5.83. The van der Waals surface area contributed by atoms with Crippen LogP contribution in [-0.4, -0.2) is 0 Å². The highest BCUT2D eigenvalue weighted by Crippen LogP contribution is 2.49. The summed E-state index contributed by atoms with van der Waals surface area (Å²) in [6, 6.07) is 22.6. The van der Waals surface area contributed by atoms with Gasteiger partial charge in [0.1, 0.15) is 17.7 Å². The maximum atomic E-state index is 9.32. The maximum Gasteiger partial charge on any atom is 0.131 e. The molecule has 0 aromatic carbocycles. The van der Waals surface area contributed by atoms with Gasteiger partial charge in [-0.1, -0.05) is 53.4 Å². The number of nitriles is 2. The molecule has 2 nitrogen and oxygen atoms in total. The van der Waals surface area contributed by atoms with Crippen LogP contribution in [0.5, 0.6) is 0 Å². The van der Waals surface area contributed by atoms with Gasteiger partial charge in [-0.2, -0.15) is 10.5 Å². The lowest BCUT2D eigenvalue weighted by Crippen LogP contribution is -1.82. The van der Waals surface area contributed by atoms with Gasteiger partial charge in [0.15, 0.2) is 0 Å². The summed E-state index contributed by atoms with van der Waals surface area (Å²) >= 11 is 11.3. The lowest BCUT2D eigenvalue weighted by atomic mass is 10.1. The quantitative estimate of drug-likeness (QED) is 0.104. The molecular formula is C40H38N2S6. The Morgan fingerprint density at radius 2 is 0.979 bits per heavy atom.